The van der Waals surface area contributed by atoms with Crippen LogP contribution in [0.1, 0.15) is 20.3 Å². The normalized spacial score (nSPS) is 12.0. The molecule has 0 aromatic heterocycles. The van der Waals surface area contributed by atoms with Crippen LogP contribution in [0.15, 0.2) is 22.7 Å². The Morgan fingerprint density at radius 2 is 2.29 bits per heavy atom. The minimum absolute atomic E-state index is 0.0635. The fourth-order valence-corrected chi connectivity index (χ4v) is 1.77. The number of nitrogens with one attached hydrogen (secondary N) is 1. The lowest BCUT2D eigenvalue weighted by Crippen LogP contribution is -2.21. The smallest absolute Gasteiger partial charge is 0.307 e. The predicted octanol–water partition coefficient (Wildman–Crippen LogP) is 3.34. The lowest BCUT2D eigenvalue weighted by Gasteiger charge is -2.14. The van der Waals surface area contributed by atoms with Crippen molar-refractivity contribution in [1.82, 2.24) is 0 Å². The summed E-state index contributed by atoms with van der Waals surface area (Å²) in [4.78, 5) is 11.2. The average molecular weight is 304 g/mol. The van der Waals surface area contributed by atoms with Crippen LogP contribution in [0.5, 0.6) is 0 Å². The fraction of sp³-hybridized carbons (Fsp3) is 0.417. The van der Waals surface area contributed by atoms with Crippen molar-refractivity contribution in [3.05, 3.63) is 28.5 Å². The van der Waals surface area contributed by atoms with Crippen LogP contribution < -0.4 is 5.32 Å². The van der Waals surface area contributed by atoms with Gasteiger partial charge in [0.15, 0.2) is 0 Å². The number of benzene rings is 1. The van der Waals surface area contributed by atoms with Gasteiger partial charge in [0.05, 0.1) is 17.5 Å². The van der Waals surface area contributed by atoms with Gasteiger partial charge in [0.2, 0.25) is 0 Å². The Hall–Kier alpha value is -1.10. The van der Waals surface area contributed by atoms with Crippen LogP contribution in [0, 0.1) is 5.82 Å². The maximum absolute atomic E-state index is 13.0. The SMILES string of the molecule is CCOC(=O)CC(C)Nc1ccc(F)c(Br)c1. The summed E-state index contributed by atoms with van der Waals surface area (Å²) in [6.07, 6.45) is 0.281. The second kappa shape index (κ2) is 6.59. The summed E-state index contributed by atoms with van der Waals surface area (Å²) in [7, 11) is 0. The van der Waals surface area contributed by atoms with E-state index in [2.05, 4.69) is 21.2 Å². The summed E-state index contributed by atoms with van der Waals surface area (Å²) in [6.45, 7) is 4.02. The number of hydrogen-bond acceptors (Lipinski definition) is 3. The summed E-state index contributed by atoms with van der Waals surface area (Å²) in [5.74, 6) is -0.553. The van der Waals surface area contributed by atoms with Crippen molar-refractivity contribution in [3.8, 4) is 0 Å². The van der Waals surface area contributed by atoms with E-state index in [1.807, 2.05) is 6.92 Å². The van der Waals surface area contributed by atoms with Gasteiger partial charge in [-0.1, -0.05) is 0 Å². The third-order valence-electron chi connectivity index (χ3n) is 2.11. The summed E-state index contributed by atoms with van der Waals surface area (Å²) in [5, 5.41) is 3.10. The summed E-state index contributed by atoms with van der Waals surface area (Å²) < 4.78 is 18.2. The van der Waals surface area contributed by atoms with E-state index in [9.17, 15) is 9.18 Å². The largest absolute Gasteiger partial charge is 0.466 e. The number of ether oxygens (including phenoxy) is 1. The Balaban J connectivity index is 2.53. The maximum Gasteiger partial charge on any atom is 0.307 e. The first kappa shape index (κ1) is 14.0. The maximum atomic E-state index is 13.0. The first-order chi connectivity index (χ1) is 8.02. The molecule has 1 atom stereocenters. The van der Waals surface area contributed by atoms with E-state index >= 15 is 0 Å². The molecular weight excluding hydrogens is 289 g/mol. The average Bonchev–Trinajstić information content (AvgIpc) is 2.23. The minimum atomic E-state index is -0.311. The van der Waals surface area contributed by atoms with E-state index in [0.717, 1.165) is 5.69 Å². The fourth-order valence-electron chi connectivity index (χ4n) is 1.39. The van der Waals surface area contributed by atoms with Crippen LogP contribution >= 0.6 is 15.9 Å². The Bertz CT molecular complexity index is 398. The van der Waals surface area contributed by atoms with Crippen LogP contribution in [0.25, 0.3) is 0 Å². The third kappa shape index (κ3) is 4.73. The Kier molecular flexibility index (Phi) is 5.41. The zero-order valence-electron chi connectivity index (χ0n) is 9.80. The van der Waals surface area contributed by atoms with Crippen LogP contribution in [0.2, 0.25) is 0 Å². The zero-order chi connectivity index (χ0) is 12.8. The van der Waals surface area contributed by atoms with E-state index in [1.165, 1.54) is 6.07 Å². The van der Waals surface area contributed by atoms with Gasteiger partial charge in [-0.3, -0.25) is 4.79 Å². The quantitative estimate of drug-likeness (QED) is 0.848. The third-order valence-corrected chi connectivity index (χ3v) is 2.72. The molecule has 1 rings (SSSR count). The molecule has 1 aromatic carbocycles. The molecule has 0 saturated carbocycles. The molecule has 0 heterocycles. The van der Waals surface area contributed by atoms with Gasteiger partial charge < -0.3 is 10.1 Å². The summed E-state index contributed by atoms with van der Waals surface area (Å²) >= 11 is 3.11. The summed E-state index contributed by atoms with van der Waals surface area (Å²) in [6, 6.07) is 4.56. The molecule has 3 nitrogen and oxygen atoms in total. The molecule has 1 unspecified atom stereocenters. The molecule has 1 aromatic rings. The molecule has 0 fully saturated rings. The second-order valence-electron chi connectivity index (χ2n) is 3.68. The molecule has 1 N–H and O–H groups in total. The van der Waals surface area contributed by atoms with Crippen molar-refractivity contribution < 1.29 is 13.9 Å². The molecule has 0 amide bonds. The van der Waals surface area contributed by atoms with Crippen molar-refractivity contribution in [2.45, 2.75) is 26.3 Å². The topological polar surface area (TPSA) is 38.3 Å². The van der Waals surface area contributed by atoms with Gasteiger partial charge in [0.25, 0.3) is 0 Å². The molecule has 0 aliphatic rings. The first-order valence-electron chi connectivity index (χ1n) is 5.40. The molecule has 0 saturated heterocycles. The van der Waals surface area contributed by atoms with Crippen molar-refractivity contribution in [1.29, 1.82) is 0 Å². The lowest BCUT2D eigenvalue weighted by atomic mass is 10.2. The summed E-state index contributed by atoms with van der Waals surface area (Å²) in [5.41, 5.74) is 0.759. The number of rotatable bonds is 5. The number of carbonyl (C=O) groups excluding carboxylic acids is 1. The van der Waals surface area contributed by atoms with Gasteiger partial charge in [0.1, 0.15) is 5.82 Å². The minimum Gasteiger partial charge on any atom is -0.466 e. The van der Waals surface area contributed by atoms with Gasteiger partial charge >= 0.3 is 5.97 Å². The van der Waals surface area contributed by atoms with Crippen LogP contribution in [0.3, 0.4) is 0 Å². The van der Waals surface area contributed by atoms with E-state index < -0.39 is 0 Å². The molecular formula is C12H15BrFNO2. The zero-order valence-corrected chi connectivity index (χ0v) is 11.4. The molecule has 0 radical (unpaired) electrons. The number of halogens is 2. The highest BCUT2D eigenvalue weighted by atomic mass is 79.9. The highest BCUT2D eigenvalue weighted by molar-refractivity contribution is 9.10. The number of hydrogen-bond donors (Lipinski definition) is 1. The van der Waals surface area contributed by atoms with E-state index in [4.69, 9.17) is 4.74 Å². The first-order valence-corrected chi connectivity index (χ1v) is 6.19. The lowest BCUT2D eigenvalue weighted by molar-refractivity contribution is -0.143. The van der Waals surface area contributed by atoms with Crippen molar-refractivity contribution in [2.24, 2.45) is 0 Å². The highest BCUT2D eigenvalue weighted by Gasteiger charge is 2.10. The molecule has 5 heteroatoms. The van der Waals surface area contributed by atoms with Gasteiger partial charge in [-0.15, -0.1) is 0 Å². The van der Waals surface area contributed by atoms with Crippen LogP contribution in [-0.2, 0) is 9.53 Å². The molecule has 17 heavy (non-hydrogen) atoms. The van der Waals surface area contributed by atoms with Gasteiger partial charge in [-0.05, 0) is 48.0 Å². The van der Waals surface area contributed by atoms with E-state index in [-0.39, 0.29) is 24.2 Å². The standard InChI is InChI=1S/C12H15BrFNO2/c1-3-17-12(16)6-8(2)15-9-4-5-11(14)10(13)7-9/h4-5,7-8,15H,3,6H2,1-2H3. The highest BCUT2D eigenvalue weighted by Crippen LogP contribution is 2.20. The Morgan fingerprint density at radius 3 is 2.88 bits per heavy atom. The molecule has 0 spiro atoms. The molecule has 0 aliphatic carbocycles. The Labute approximate surface area is 108 Å². The van der Waals surface area contributed by atoms with E-state index in [1.54, 1.807) is 19.1 Å². The van der Waals surface area contributed by atoms with Crippen molar-refractivity contribution >= 4 is 27.6 Å². The van der Waals surface area contributed by atoms with Crippen molar-refractivity contribution in [3.63, 3.8) is 0 Å². The number of anilines is 1. The predicted molar refractivity (Wildman–Crippen MR) is 68.4 cm³/mol. The number of esters is 1. The molecule has 0 aliphatic heterocycles. The van der Waals surface area contributed by atoms with E-state index in [0.29, 0.717) is 11.1 Å². The van der Waals surface area contributed by atoms with Crippen molar-refractivity contribution in [2.75, 3.05) is 11.9 Å². The molecule has 0 bridgehead atoms. The van der Waals surface area contributed by atoms with Crippen LogP contribution in [-0.4, -0.2) is 18.6 Å². The Morgan fingerprint density at radius 1 is 1.59 bits per heavy atom. The number of carbonyl (C=O) groups is 1. The van der Waals surface area contributed by atoms with Gasteiger partial charge in [0, 0.05) is 11.7 Å². The van der Waals surface area contributed by atoms with Gasteiger partial charge in [-0.2, -0.15) is 0 Å². The van der Waals surface area contributed by atoms with Gasteiger partial charge in [-0.25, -0.2) is 4.39 Å². The monoisotopic (exact) mass is 303 g/mol. The second-order valence-corrected chi connectivity index (χ2v) is 4.54. The van der Waals surface area contributed by atoms with Crippen LogP contribution in [0.4, 0.5) is 10.1 Å². The molecule has 94 valence electrons.